The quantitative estimate of drug-likeness (QED) is 0.747. The first kappa shape index (κ1) is 12.5. The molecule has 0 radical (unpaired) electrons. The zero-order valence-corrected chi connectivity index (χ0v) is 10.4. The average Bonchev–Trinajstić information content (AvgIpc) is 2.16. The van der Waals surface area contributed by atoms with Crippen molar-refractivity contribution in [2.24, 2.45) is 5.41 Å². The number of hydrogen-bond donors (Lipinski definition) is 2. The fourth-order valence-corrected chi connectivity index (χ4v) is 2.09. The van der Waals surface area contributed by atoms with Gasteiger partial charge in [0.2, 0.25) is 5.91 Å². The van der Waals surface area contributed by atoms with E-state index in [2.05, 4.69) is 31.4 Å². The van der Waals surface area contributed by atoms with E-state index in [1.807, 2.05) is 6.92 Å². The first-order valence-corrected chi connectivity index (χ1v) is 6.01. The third kappa shape index (κ3) is 3.20. The number of carbonyl (C=O) groups is 1. The predicted molar refractivity (Wildman–Crippen MR) is 62.7 cm³/mol. The normalized spacial score (nSPS) is 27.1. The summed E-state index contributed by atoms with van der Waals surface area (Å²) in [6, 6.07) is 0.247. The number of piperidine rings is 1. The van der Waals surface area contributed by atoms with Crippen molar-refractivity contribution in [3.8, 4) is 0 Å². The molecule has 0 aromatic heterocycles. The lowest BCUT2D eigenvalue weighted by atomic mass is 9.77. The van der Waals surface area contributed by atoms with Gasteiger partial charge in [-0.05, 0) is 38.1 Å². The molecule has 1 saturated heterocycles. The van der Waals surface area contributed by atoms with E-state index in [9.17, 15) is 4.79 Å². The molecule has 0 aliphatic carbocycles. The predicted octanol–water partition coefficient (Wildman–Crippen LogP) is 1.68. The lowest BCUT2D eigenvalue weighted by molar-refractivity contribution is -0.127. The minimum atomic E-state index is -0.0275. The zero-order chi connectivity index (χ0) is 11.5. The van der Waals surface area contributed by atoms with Gasteiger partial charge in [0.25, 0.3) is 0 Å². The summed E-state index contributed by atoms with van der Waals surface area (Å²) >= 11 is 0. The van der Waals surface area contributed by atoms with Crippen molar-refractivity contribution < 1.29 is 4.79 Å². The van der Waals surface area contributed by atoms with Crippen LogP contribution in [0, 0.1) is 5.41 Å². The standard InChI is InChI=1S/C12H24N2O/c1-5-9(2)14-11(15)10-12(3,4)7-6-8-13-10/h9-10,13H,5-8H2,1-4H3,(H,14,15). The van der Waals surface area contributed by atoms with E-state index < -0.39 is 0 Å². The third-order valence-corrected chi connectivity index (χ3v) is 3.39. The van der Waals surface area contributed by atoms with E-state index in [1.54, 1.807) is 0 Å². The van der Waals surface area contributed by atoms with E-state index in [4.69, 9.17) is 0 Å². The van der Waals surface area contributed by atoms with Crippen LogP contribution in [0.5, 0.6) is 0 Å². The molecule has 1 rings (SSSR count). The van der Waals surface area contributed by atoms with Gasteiger partial charge in [-0.1, -0.05) is 20.8 Å². The van der Waals surface area contributed by atoms with Crippen molar-refractivity contribution in [3.63, 3.8) is 0 Å². The maximum atomic E-state index is 12.0. The zero-order valence-electron chi connectivity index (χ0n) is 10.4. The van der Waals surface area contributed by atoms with Crippen LogP contribution in [0.3, 0.4) is 0 Å². The van der Waals surface area contributed by atoms with Crippen LogP contribution in [0.1, 0.15) is 47.0 Å². The van der Waals surface area contributed by atoms with Crippen molar-refractivity contribution >= 4 is 5.91 Å². The second-order valence-corrected chi connectivity index (χ2v) is 5.30. The Labute approximate surface area is 93.0 Å². The number of hydrogen-bond acceptors (Lipinski definition) is 2. The Bertz CT molecular complexity index is 226. The van der Waals surface area contributed by atoms with Gasteiger partial charge in [0, 0.05) is 6.04 Å². The summed E-state index contributed by atoms with van der Waals surface area (Å²) in [5.74, 6) is 0.161. The average molecular weight is 212 g/mol. The summed E-state index contributed by atoms with van der Waals surface area (Å²) in [5.41, 5.74) is 0.0792. The van der Waals surface area contributed by atoms with Crippen LogP contribution in [0.4, 0.5) is 0 Å². The molecular formula is C12H24N2O. The highest BCUT2D eigenvalue weighted by molar-refractivity contribution is 5.83. The molecule has 0 spiro atoms. The molecule has 1 aliphatic rings. The summed E-state index contributed by atoms with van der Waals surface area (Å²) in [7, 11) is 0. The third-order valence-electron chi connectivity index (χ3n) is 3.39. The molecular weight excluding hydrogens is 188 g/mol. The largest absolute Gasteiger partial charge is 0.352 e. The molecule has 0 aromatic carbocycles. The topological polar surface area (TPSA) is 41.1 Å². The van der Waals surface area contributed by atoms with Crippen LogP contribution >= 0.6 is 0 Å². The summed E-state index contributed by atoms with van der Waals surface area (Å²) < 4.78 is 0. The van der Waals surface area contributed by atoms with Crippen molar-refractivity contribution in [3.05, 3.63) is 0 Å². The van der Waals surface area contributed by atoms with Crippen LogP contribution in [0.25, 0.3) is 0 Å². The molecule has 0 saturated carbocycles. The van der Waals surface area contributed by atoms with Crippen LogP contribution in [-0.4, -0.2) is 24.5 Å². The molecule has 3 heteroatoms. The van der Waals surface area contributed by atoms with Gasteiger partial charge in [-0.15, -0.1) is 0 Å². The minimum absolute atomic E-state index is 0.0275. The molecule has 1 heterocycles. The number of amides is 1. The van der Waals surface area contributed by atoms with Gasteiger partial charge >= 0.3 is 0 Å². The first-order chi connectivity index (χ1) is 6.97. The Morgan fingerprint density at radius 1 is 1.60 bits per heavy atom. The maximum absolute atomic E-state index is 12.0. The van der Waals surface area contributed by atoms with E-state index in [1.165, 1.54) is 6.42 Å². The van der Waals surface area contributed by atoms with Gasteiger partial charge in [0.1, 0.15) is 0 Å². The van der Waals surface area contributed by atoms with Crippen LogP contribution < -0.4 is 10.6 Å². The van der Waals surface area contributed by atoms with Crippen LogP contribution in [-0.2, 0) is 4.79 Å². The number of nitrogens with one attached hydrogen (secondary N) is 2. The lowest BCUT2D eigenvalue weighted by Crippen LogP contribution is -2.56. The highest BCUT2D eigenvalue weighted by atomic mass is 16.2. The first-order valence-electron chi connectivity index (χ1n) is 6.01. The Morgan fingerprint density at radius 2 is 2.27 bits per heavy atom. The van der Waals surface area contributed by atoms with Gasteiger partial charge in [-0.25, -0.2) is 0 Å². The monoisotopic (exact) mass is 212 g/mol. The SMILES string of the molecule is CCC(C)NC(=O)C1NCCCC1(C)C. The molecule has 88 valence electrons. The molecule has 1 aliphatic heterocycles. The van der Waals surface area contributed by atoms with Crippen molar-refractivity contribution in [2.75, 3.05) is 6.54 Å². The van der Waals surface area contributed by atoms with Crippen LogP contribution in [0.2, 0.25) is 0 Å². The van der Waals surface area contributed by atoms with Crippen molar-refractivity contribution in [1.82, 2.24) is 10.6 Å². The van der Waals surface area contributed by atoms with E-state index in [0.29, 0.717) is 0 Å². The molecule has 0 bridgehead atoms. The molecule has 3 nitrogen and oxygen atoms in total. The second-order valence-electron chi connectivity index (χ2n) is 5.30. The maximum Gasteiger partial charge on any atom is 0.237 e. The number of carbonyl (C=O) groups excluding carboxylic acids is 1. The second kappa shape index (κ2) is 4.97. The Hall–Kier alpha value is -0.570. The molecule has 2 N–H and O–H groups in total. The Morgan fingerprint density at radius 3 is 2.80 bits per heavy atom. The molecule has 2 unspecified atom stereocenters. The van der Waals surface area contributed by atoms with Gasteiger partial charge in [0.15, 0.2) is 0 Å². The smallest absolute Gasteiger partial charge is 0.237 e. The van der Waals surface area contributed by atoms with Gasteiger partial charge in [-0.2, -0.15) is 0 Å². The van der Waals surface area contributed by atoms with Gasteiger partial charge in [-0.3, -0.25) is 4.79 Å². The molecule has 1 fully saturated rings. The molecule has 0 aromatic rings. The van der Waals surface area contributed by atoms with Gasteiger partial charge < -0.3 is 10.6 Å². The number of rotatable bonds is 3. The highest BCUT2D eigenvalue weighted by Gasteiger charge is 2.37. The lowest BCUT2D eigenvalue weighted by Gasteiger charge is -2.38. The summed E-state index contributed by atoms with van der Waals surface area (Å²) in [6.07, 6.45) is 3.28. The van der Waals surface area contributed by atoms with Crippen LogP contribution in [0.15, 0.2) is 0 Å². The Balaban J connectivity index is 2.57. The van der Waals surface area contributed by atoms with E-state index >= 15 is 0 Å². The molecule has 1 amide bonds. The van der Waals surface area contributed by atoms with E-state index in [-0.39, 0.29) is 23.4 Å². The van der Waals surface area contributed by atoms with Crippen molar-refractivity contribution in [2.45, 2.75) is 59.0 Å². The highest BCUT2D eigenvalue weighted by Crippen LogP contribution is 2.30. The van der Waals surface area contributed by atoms with E-state index in [0.717, 1.165) is 19.4 Å². The van der Waals surface area contributed by atoms with Gasteiger partial charge in [0.05, 0.1) is 6.04 Å². The summed E-state index contributed by atoms with van der Waals surface area (Å²) in [6.45, 7) is 9.43. The summed E-state index contributed by atoms with van der Waals surface area (Å²) in [5, 5.41) is 6.38. The fourth-order valence-electron chi connectivity index (χ4n) is 2.09. The minimum Gasteiger partial charge on any atom is -0.352 e. The Kier molecular flexibility index (Phi) is 4.14. The fraction of sp³-hybridized carbons (Fsp3) is 0.917. The van der Waals surface area contributed by atoms with Crippen molar-refractivity contribution in [1.29, 1.82) is 0 Å². The molecule has 2 atom stereocenters. The molecule has 15 heavy (non-hydrogen) atoms. The summed E-state index contributed by atoms with van der Waals surface area (Å²) in [4.78, 5) is 12.0.